The fourth-order valence-electron chi connectivity index (χ4n) is 1.84. The first-order chi connectivity index (χ1) is 10.4. The fourth-order valence-corrected chi connectivity index (χ4v) is 2.44. The fraction of sp³-hybridized carbons (Fsp3) is 0. The van der Waals surface area contributed by atoms with E-state index in [4.69, 9.17) is 14.8 Å². The van der Waals surface area contributed by atoms with Crippen LogP contribution in [0.3, 0.4) is 0 Å². The van der Waals surface area contributed by atoms with Crippen LogP contribution in [0.4, 0.5) is 0 Å². The van der Waals surface area contributed by atoms with Gasteiger partial charge in [-0.25, -0.2) is 0 Å². The Labute approximate surface area is 127 Å². The molecule has 0 spiro atoms. The van der Waals surface area contributed by atoms with Crippen molar-refractivity contribution in [2.45, 2.75) is 4.90 Å². The molecule has 0 aromatic heterocycles. The Hall–Kier alpha value is -2.57. The summed E-state index contributed by atoms with van der Waals surface area (Å²) in [4.78, 5) is -0.706. The summed E-state index contributed by atoms with van der Waals surface area (Å²) in [6, 6.07) is 19.5. The van der Waals surface area contributed by atoms with Crippen molar-refractivity contribution in [3.8, 4) is 11.5 Å². The van der Waals surface area contributed by atoms with Gasteiger partial charge in [-0.1, -0.05) is 48.5 Å². The van der Waals surface area contributed by atoms with Gasteiger partial charge >= 0.3 is 0 Å². The van der Waals surface area contributed by atoms with Crippen molar-refractivity contribution in [1.82, 2.24) is 0 Å². The lowest BCUT2D eigenvalue weighted by Gasteiger charge is -2.00. The molecule has 0 aliphatic carbocycles. The van der Waals surface area contributed by atoms with Gasteiger partial charge in [0.05, 0.1) is 0 Å². The molecule has 0 bridgehead atoms. The molecule has 0 fully saturated rings. The number of benzene rings is 3. The second-order valence-corrected chi connectivity index (χ2v) is 5.86. The molecule has 0 heterocycles. The SMILES string of the molecule is O=S(=O)(O)c1cc(O)ccc1O.c1ccc2ccccc2c1. The maximum Gasteiger partial charge on any atom is 0.298 e. The Balaban J connectivity index is 0.000000162. The van der Waals surface area contributed by atoms with Crippen molar-refractivity contribution in [2.75, 3.05) is 0 Å². The summed E-state index contributed by atoms with van der Waals surface area (Å²) in [5, 5.41) is 20.4. The number of fused-ring (bicyclic) bond motifs is 1. The average Bonchev–Trinajstić information content (AvgIpc) is 2.49. The van der Waals surface area contributed by atoms with E-state index in [0.717, 1.165) is 18.2 Å². The number of phenolic OH excluding ortho intramolecular Hbond substituents is 2. The van der Waals surface area contributed by atoms with Gasteiger partial charge in [-0.15, -0.1) is 0 Å². The predicted octanol–water partition coefficient (Wildman–Crippen LogP) is 3.18. The molecule has 0 saturated carbocycles. The molecular formula is C16H14O5S. The lowest BCUT2D eigenvalue weighted by molar-refractivity contribution is 0.433. The third-order valence-corrected chi connectivity index (χ3v) is 3.76. The molecule has 0 atom stereocenters. The van der Waals surface area contributed by atoms with E-state index in [2.05, 4.69) is 48.5 Å². The second-order valence-electron chi connectivity index (χ2n) is 4.47. The Morgan fingerprint density at radius 2 is 1.18 bits per heavy atom. The first-order valence-corrected chi connectivity index (χ1v) is 7.75. The average molecular weight is 318 g/mol. The minimum atomic E-state index is -4.47. The van der Waals surface area contributed by atoms with Gasteiger partial charge in [0.1, 0.15) is 16.4 Å². The van der Waals surface area contributed by atoms with Crippen LogP contribution in [0.1, 0.15) is 0 Å². The van der Waals surface area contributed by atoms with E-state index < -0.39 is 20.8 Å². The molecular weight excluding hydrogens is 304 g/mol. The summed E-state index contributed by atoms with van der Waals surface area (Å²) < 4.78 is 29.5. The van der Waals surface area contributed by atoms with Gasteiger partial charge < -0.3 is 10.2 Å². The van der Waals surface area contributed by atoms with Crippen molar-refractivity contribution in [2.24, 2.45) is 0 Å². The Kier molecular flexibility index (Phi) is 4.65. The monoisotopic (exact) mass is 318 g/mol. The molecule has 114 valence electrons. The molecule has 3 N–H and O–H groups in total. The van der Waals surface area contributed by atoms with Crippen LogP contribution in [-0.2, 0) is 10.1 Å². The maximum absolute atomic E-state index is 10.5. The number of phenols is 2. The molecule has 5 nitrogen and oxygen atoms in total. The number of rotatable bonds is 1. The van der Waals surface area contributed by atoms with Gasteiger partial charge in [-0.2, -0.15) is 8.42 Å². The highest BCUT2D eigenvalue weighted by atomic mass is 32.2. The van der Waals surface area contributed by atoms with Gasteiger partial charge in [0, 0.05) is 6.07 Å². The third kappa shape index (κ3) is 3.97. The predicted molar refractivity (Wildman–Crippen MR) is 83.5 cm³/mol. The number of hydrogen-bond acceptors (Lipinski definition) is 4. The van der Waals surface area contributed by atoms with E-state index in [1.165, 1.54) is 10.8 Å². The minimum Gasteiger partial charge on any atom is -0.508 e. The van der Waals surface area contributed by atoms with Crippen LogP contribution in [0.15, 0.2) is 71.6 Å². The van der Waals surface area contributed by atoms with Crippen LogP contribution >= 0.6 is 0 Å². The van der Waals surface area contributed by atoms with Crippen LogP contribution in [0, 0.1) is 0 Å². The first-order valence-electron chi connectivity index (χ1n) is 6.31. The molecule has 0 aliphatic rings. The standard InChI is InChI=1S/C10H8.C6H6O5S/c1-2-6-10-8-4-3-7-9(10)5-1;7-4-1-2-5(8)6(3-4)12(9,10)11/h1-8H;1-3,7-8H,(H,9,10,11). The maximum atomic E-state index is 10.5. The normalized spacial score (nSPS) is 10.8. The van der Waals surface area contributed by atoms with Crippen molar-refractivity contribution >= 4 is 20.9 Å². The van der Waals surface area contributed by atoms with Crippen molar-refractivity contribution < 1.29 is 23.2 Å². The highest BCUT2D eigenvalue weighted by molar-refractivity contribution is 7.86. The molecule has 3 aromatic carbocycles. The highest BCUT2D eigenvalue weighted by Crippen LogP contribution is 2.25. The molecule has 3 aromatic rings. The molecule has 0 radical (unpaired) electrons. The Morgan fingerprint density at radius 3 is 1.55 bits per heavy atom. The van der Waals surface area contributed by atoms with E-state index in [1.54, 1.807) is 0 Å². The zero-order chi connectivity index (χ0) is 16.2. The van der Waals surface area contributed by atoms with E-state index in [0.29, 0.717) is 0 Å². The lowest BCUT2D eigenvalue weighted by atomic mass is 10.1. The number of aromatic hydroxyl groups is 2. The molecule has 0 saturated heterocycles. The summed E-state index contributed by atoms with van der Waals surface area (Å²) >= 11 is 0. The van der Waals surface area contributed by atoms with Crippen LogP contribution in [-0.4, -0.2) is 23.2 Å². The van der Waals surface area contributed by atoms with Gasteiger partial charge in [-0.05, 0) is 22.9 Å². The number of hydrogen-bond donors (Lipinski definition) is 3. The lowest BCUT2D eigenvalue weighted by Crippen LogP contribution is -1.97. The van der Waals surface area contributed by atoms with Gasteiger partial charge in [0.2, 0.25) is 0 Å². The van der Waals surface area contributed by atoms with E-state index in [9.17, 15) is 8.42 Å². The first kappa shape index (κ1) is 15.8. The minimum absolute atomic E-state index is 0.347. The van der Waals surface area contributed by atoms with E-state index in [-0.39, 0.29) is 5.75 Å². The van der Waals surface area contributed by atoms with E-state index >= 15 is 0 Å². The van der Waals surface area contributed by atoms with Crippen molar-refractivity contribution in [1.29, 1.82) is 0 Å². The quantitative estimate of drug-likeness (QED) is 0.473. The molecule has 6 heteroatoms. The Bertz CT molecular complexity index is 822. The van der Waals surface area contributed by atoms with Crippen molar-refractivity contribution in [3.05, 3.63) is 66.7 Å². The van der Waals surface area contributed by atoms with Crippen LogP contribution in [0.2, 0.25) is 0 Å². The van der Waals surface area contributed by atoms with Crippen LogP contribution in [0.25, 0.3) is 10.8 Å². The molecule has 0 unspecified atom stereocenters. The van der Waals surface area contributed by atoms with Crippen molar-refractivity contribution in [3.63, 3.8) is 0 Å². The zero-order valence-corrected chi connectivity index (χ0v) is 12.2. The van der Waals surface area contributed by atoms with E-state index in [1.807, 2.05) is 0 Å². The molecule has 0 amide bonds. The molecule has 0 aliphatic heterocycles. The summed E-state index contributed by atoms with van der Waals surface area (Å²) in [5.41, 5.74) is 0. The van der Waals surface area contributed by atoms with Crippen LogP contribution in [0.5, 0.6) is 11.5 Å². The smallest absolute Gasteiger partial charge is 0.298 e. The summed E-state index contributed by atoms with van der Waals surface area (Å²) in [7, 11) is -4.47. The Morgan fingerprint density at radius 1 is 0.727 bits per heavy atom. The van der Waals surface area contributed by atoms with Gasteiger partial charge in [0.15, 0.2) is 0 Å². The largest absolute Gasteiger partial charge is 0.508 e. The highest BCUT2D eigenvalue weighted by Gasteiger charge is 2.15. The summed E-state index contributed by atoms with van der Waals surface area (Å²) in [6.45, 7) is 0. The second kappa shape index (κ2) is 6.46. The molecule has 22 heavy (non-hydrogen) atoms. The van der Waals surface area contributed by atoms with Gasteiger partial charge in [0.25, 0.3) is 10.1 Å². The summed E-state index contributed by atoms with van der Waals surface area (Å²) in [5.74, 6) is -0.948. The van der Waals surface area contributed by atoms with Crippen LogP contribution < -0.4 is 0 Å². The molecule has 3 rings (SSSR count). The zero-order valence-electron chi connectivity index (χ0n) is 11.4. The summed E-state index contributed by atoms with van der Waals surface area (Å²) in [6.07, 6.45) is 0. The topological polar surface area (TPSA) is 94.8 Å². The third-order valence-electron chi connectivity index (χ3n) is 2.88. The van der Waals surface area contributed by atoms with Gasteiger partial charge in [-0.3, -0.25) is 4.55 Å².